The number of pyridine rings is 1. The fourth-order valence-electron chi connectivity index (χ4n) is 1.27. The van der Waals surface area contributed by atoms with Gasteiger partial charge >= 0.3 is 5.97 Å². The number of carbonyl (C=O) groups is 2. The Balaban J connectivity index is 2.62. The van der Waals surface area contributed by atoms with Crippen LogP contribution in [0.1, 0.15) is 30.6 Å². The molecular formula is C12H16N2O3. The Bertz CT molecular complexity index is 399. The van der Waals surface area contributed by atoms with Crippen molar-refractivity contribution in [3.63, 3.8) is 0 Å². The van der Waals surface area contributed by atoms with Crippen LogP contribution in [0, 0.1) is 5.92 Å². The highest BCUT2D eigenvalue weighted by molar-refractivity contribution is 5.91. The molecule has 0 bridgehead atoms. The van der Waals surface area contributed by atoms with Crippen molar-refractivity contribution in [2.75, 3.05) is 12.4 Å². The molecule has 0 atom stereocenters. The van der Waals surface area contributed by atoms with Crippen molar-refractivity contribution in [3.8, 4) is 0 Å². The molecule has 1 aromatic rings. The second-order valence-corrected chi connectivity index (χ2v) is 4.07. The molecule has 0 spiro atoms. The number of ether oxygens (including phenoxy) is 1. The lowest BCUT2D eigenvalue weighted by Crippen LogP contribution is -2.15. The summed E-state index contributed by atoms with van der Waals surface area (Å²) in [5, 5.41) is 2.66. The molecule has 1 aromatic heterocycles. The van der Waals surface area contributed by atoms with Crippen LogP contribution < -0.4 is 5.32 Å². The molecule has 5 nitrogen and oxygen atoms in total. The minimum Gasteiger partial charge on any atom is -0.465 e. The van der Waals surface area contributed by atoms with Crippen LogP contribution in [0.25, 0.3) is 0 Å². The van der Waals surface area contributed by atoms with E-state index in [-0.39, 0.29) is 5.91 Å². The maximum absolute atomic E-state index is 11.5. The third-order valence-electron chi connectivity index (χ3n) is 2.05. The molecule has 1 amide bonds. The summed E-state index contributed by atoms with van der Waals surface area (Å²) in [7, 11) is 1.31. The highest BCUT2D eigenvalue weighted by atomic mass is 16.5. The molecule has 0 saturated heterocycles. The van der Waals surface area contributed by atoms with E-state index in [1.165, 1.54) is 13.3 Å². The van der Waals surface area contributed by atoms with Crippen LogP contribution in [0.4, 0.5) is 5.82 Å². The van der Waals surface area contributed by atoms with E-state index in [0.29, 0.717) is 23.7 Å². The average Bonchev–Trinajstić information content (AvgIpc) is 2.28. The summed E-state index contributed by atoms with van der Waals surface area (Å²) in [6, 6.07) is 3.13. The number of carbonyl (C=O) groups excluding carboxylic acids is 2. The molecule has 0 aliphatic rings. The second kappa shape index (κ2) is 5.98. The third-order valence-corrected chi connectivity index (χ3v) is 2.05. The summed E-state index contributed by atoms with van der Waals surface area (Å²) in [6.07, 6.45) is 1.82. The zero-order valence-corrected chi connectivity index (χ0v) is 10.2. The zero-order chi connectivity index (χ0) is 12.8. The number of methoxy groups -OCH3 is 1. The lowest BCUT2D eigenvalue weighted by atomic mass is 10.1. The van der Waals surface area contributed by atoms with E-state index in [4.69, 9.17) is 0 Å². The molecule has 17 heavy (non-hydrogen) atoms. The monoisotopic (exact) mass is 236 g/mol. The van der Waals surface area contributed by atoms with Crippen molar-refractivity contribution >= 4 is 17.7 Å². The van der Waals surface area contributed by atoms with Crippen LogP contribution in [0.5, 0.6) is 0 Å². The normalized spacial score (nSPS) is 10.1. The van der Waals surface area contributed by atoms with Crippen molar-refractivity contribution in [2.24, 2.45) is 5.92 Å². The van der Waals surface area contributed by atoms with Gasteiger partial charge in [-0.25, -0.2) is 9.78 Å². The van der Waals surface area contributed by atoms with Gasteiger partial charge < -0.3 is 10.1 Å². The number of nitrogens with zero attached hydrogens (tertiary/aromatic N) is 1. The van der Waals surface area contributed by atoms with Crippen LogP contribution in [-0.4, -0.2) is 24.0 Å². The first-order valence-corrected chi connectivity index (χ1v) is 5.37. The first kappa shape index (κ1) is 13.2. The summed E-state index contributed by atoms with van der Waals surface area (Å²) in [6.45, 7) is 3.93. The molecule has 0 aromatic carbocycles. The van der Waals surface area contributed by atoms with Gasteiger partial charge in [-0.05, 0) is 18.1 Å². The van der Waals surface area contributed by atoms with E-state index >= 15 is 0 Å². The standard InChI is InChI=1S/C12H16N2O3/c1-8(2)6-11(15)14-10-5-4-9(7-13-10)12(16)17-3/h4-5,7-8H,6H2,1-3H3,(H,13,14,15). The predicted octanol–water partition coefficient (Wildman–Crippen LogP) is 1.85. The quantitative estimate of drug-likeness (QED) is 0.810. The Morgan fingerprint density at radius 2 is 2.12 bits per heavy atom. The molecule has 0 aliphatic carbocycles. The summed E-state index contributed by atoms with van der Waals surface area (Å²) in [5.41, 5.74) is 0.356. The first-order valence-electron chi connectivity index (χ1n) is 5.37. The smallest absolute Gasteiger partial charge is 0.339 e. The maximum atomic E-state index is 11.5. The third kappa shape index (κ3) is 4.22. The van der Waals surface area contributed by atoms with Gasteiger partial charge in [0.1, 0.15) is 5.82 Å². The van der Waals surface area contributed by atoms with Crippen molar-refractivity contribution in [1.29, 1.82) is 0 Å². The van der Waals surface area contributed by atoms with Crippen LogP contribution in [0.15, 0.2) is 18.3 Å². The zero-order valence-electron chi connectivity index (χ0n) is 10.2. The number of nitrogens with one attached hydrogen (secondary N) is 1. The summed E-state index contributed by atoms with van der Waals surface area (Å²) >= 11 is 0. The number of amides is 1. The Labute approximate surface area is 100 Å². The van der Waals surface area contributed by atoms with E-state index in [1.54, 1.807) is 12.1 Å². The number of esters is 1. The van der Waals surface area contributed by atoms with E-state index in [1.807, 2.05) is 13.8 Å². The van der Waals surface area contributed by atoms with Gasteiger partial charge in [0.25, 0.3) is 0 Å². The van der Waals surface area contributed by atoms with E-state index in [0.717, 1.165) is 0 Å². The fourth-order valence-corrected chi connectivity index (χ4v) is 1.27. The number of rotatable bonds is 4. The number of hydrogen-bond acceptors (Lipinski definition) is 4. The summed E-state index contributed by atoms with van der Waals surface area (Å²) in [5.74, 6) is 0.198. The summed E-state index contributed by atoms with van der Waals surface area (Å²) in [4.78, 5) is 26.6. The molecule has 0 fully saturated rings. The van der Waals surface area contributed by atoms with Crippen molar-refractivity contribution in [1.82, 2.24) is 4.98 Å². The molecule has 0 radical (unpaired) electrons. The molecular weight excluding hydrogens is 220 g/mol. The van der Waals surface area contributed by atoms with E-state index in [9.17, 15) is 9.59 Å². The van der Waals surface area contributed by atoms with Crippen LogP contribution >= 0.6 is 0 Å². The minimum absolute atomic E-state index is 0.0849. The molecule has 5 heteroatoms. The van der Waals surface area contributed by atoms with Gasteiger partial charge in [-0.15, -0.1) is 0 Å². The number of anilines is 1. The van der Waals surface area contributed by atoms with E-state index < -0.39 is 5.97 Å². The van der Waals surface area contributed by atoms with Crippen molar-refractivity contribution in [2.45, 2.75) is 20.3 Å². The van der Waals surface area contributed by atoms with E-state index in [2.05, 4.69) is 15.0 Å². The van der Waals surface area contributed by atoms with Gasteiger partial charge in [-0.1, -0.05) is 13.8 Å². The average molecular weight is 236 g/mol. The Hall–Kier alpha value is -1.91. The minimum atomic E-state index is -0.447. The van der Waals surface area contributed by atoms with Crippen LogP contribution in [0.3, 0.4) is 0 Å². The Morgan fingerprint density at radius 1 is 1.41 bits per heavy atom. The molecule has 92 valence electrons. The molecule has 0 saturated carbocycles. The van der Waals surface area contributed by atoms with Crippen molar-refractivity contribution < 1.29 is 14.3 Å². The highest BCUT2D eigenvalue weighted by Crippen LogP contribution is 2.08. The van der Waals surface area contributed by atoms with Crippen LogP contribution in [0.2, 0.25) is 0 Å². The Kier molecular flexibility index (Phi) is 4.63. The lowest BCUT2D eigenvalue weighted by molar-refractivity contribution is -0.116. The highest BCUT2D eigenvalue weighted by Gasteiger charge is 2.08. The largest absolute Gasteiger partial charge is 0.465 e. The fraction of sp³-hybridized carbons (Fsp3) is 0.417. The van der Waals surface area contributed by atoms with Crippen LogP contribution in [-0.2, 0) is 9.53 Å². The summed E-state index contributed by atoms with van der Waals surface area (Å²) < 4.78 is 4.54. The van der Waals surface area contributed by atoms with Gasteiger partial charge in [0.05, 0.1) is 12.7 Å². The van der Waals surface area contributed by atoms with Gasteiger partial charge in [0.15, 0.2) is 0 Å². The molecule has 0 aliphatic heterocycles. The van der Waals surface area contributed by atoms with Gasteiger partial charge in [0, 0.05) is 12.6 Å². The van der Waals surface area contributed by atoms with Gasteiger partial charge in [-0.2, -0.15) is 0 Å². The number of aromatic nitrogens is 1. The molecule has 1 heterocycles. The van der Waals surface area contributed by atoms with Gasteiger partial charge in [-0.3, -0.25) is 4.79 Å². The predicted molar refractivity (Wildman–Crippen MR) is 63.7 cm³/mol. The Morgan fingerprint density at radius 3 is 2.59 bits per heavy atom. The molecule has 1 N–H and O–H groups in total. The topological polar surface area (TPSA) is 68.3 Å². The molecule has 1 rings (SSSR count). The number of hydrogen-bond donors (Lipinski definition) is 1. The molecule has 0 unspecified atom stereocenters. The maximum Gasteiger partial charge on any atom is 0.339 e. The van der Waals surface area contributed by atoms with Crippen molar-refractivity contribution in [3.05, 3.63) is 23.9 Å². The lowest BCUT2D eigenvalue weighted by Gasteiger charge is -2.06. The second-order valence-electron chi connectivity index (χ2n) is 4.07. The SMILES string of the molecule is COC(=O)c1ccc(NC(=O)CC(C)C)nc1. The van der Waals surface area contributed by atoms with Gasteiger partial charge in [0.2, 0.25) is 5.91 Å². The first-order chi connectivity index (χ1) is 8.02.